The van der Waals surface area contributed by atoms with Gasteiger partial charge in [-0.05, 0) is 47.9 Å². The van der Waals surface area contributed by atoms with Gasteiger partial charge < -0.3 is 9.64 Å². The maximum atomic E-state index is 13.3. The Balaban J connectivity index is 1.45. The minimum Gasteiger partial charge on any atom is -0.473 e. The lowest BCUT2D eigenvalue weighted by molar-refractivity contribution is 0.0724. The van der Waals surface area contributed by atoms with Gasteiger partial charge in [-0.15, -0.1) is 0 Å². The van der Waals surface area contributed by atoms with Crippen LogP contribution in [0.4, 0.5) is 4.39 Å². The average molecular weight is 411 g/mol. The van der Waals surface area contributed by atoms with Crippen LogP contribution in [0.3, 0.4) is 0 Å². The normalized spacial score (nSPS) is 13.3. The monoisotopic (exact) mass is 410 g/mol. The highest BCUT2D eigenvalue weighted by molar-refractivity contribution is 6.31. The van der Waals surface area contributed by atoms with Gasteiger partial charge in [0, 0.05) is 30.6 Å². The summed E-state index contributed by atoms with van der Waals surface area (Å²) in [6.45, 7) is 3.30. The minimum atomic E-state index is -0.300. The van der Waals surface area contributed by atoms with Crippen LogP contribution in [-0.4, -0.2) is 22.3 Å². The molecule has 148 valence electrons. The van der Waals surface area contributed by atoms with E-state index in [0.29, 0.717) is 31.0 Å². The number of aromatic nitrogens is 1. The van der Waals surface area contributed by atoms with Crippen molar-refractivity contribution >= 4 is 17.5 Å². The summed E-state index contributed by atoms with van der Waals surface area (Å²) in [5, 5.41) is 0.721. The lowest BCUT2D eigenvalue weighted by atomic mass is 10.0. The smallest absolute Gasteiger partial charge is 0.256 e. The van der Waals surface area contributed by atoms with E-state index < -0.39 is 0 Å². The van der Waals surface area contributed by atoms with Crippen LogP contribution < -0.4 is 4.74 Å². The van der Waals surface area contributed by atoms with Crippen molar-refractivity contribution < 1.29 is 13.9 Å². The van der Waals surface area contributed by atoms with Gasteiger partial charge in [0.2, 0.25) is 5.88 Å². The summed E-state index contributed by atoms with van der Waals surface area (Å²) in [5.41, 5.74) is 4.10. The number of amides is 1. The third kappa shape index (κ3) is 4.40. The van der Waals surface area contributed by atoms with Crippen LogP contribution in [0.2, 0.25) is 5.02 Å². The molecule has 0 spiro atoms. The Morgan fingerprint density at radius 3 is 2.79 bits per heavy atom. The number of aryl methyl sites for hydroxylation is 1. The molecule has 4 nitrogen and oxygen atoms in total. The topological polar surface area (TPSA) is 42.4 Å². The number of halogens is 2. The molecule has 1 aliphatic heterocycles. The van der Waals surface area contributed by atoms with Gasteiger partial charge in [0.25, 0.3) is 5.91 Å². The van der Waals surface area contributed by atoms with E-state index in [9.17, 15) is 9.18 Å². The molecular formula is C23H20ClFN2O2. The Morgan fingerprint density at radius 1 is 1.14 bits per heavy atom. The van der Waals surface area contributed by atoms with Crippen LogP contribution in [0.1, 0.15) is 32.7 Å². The van der Waals surface area contributed by atoms with Crippen molar-refractivity contribution in [3.63, 3.8) is 0 Å². The van der Waals surface area contributed by atoms with Gasteiger partial charge in [0.15, 0.2) is 0 Å². The number of carbonyl (C=O) groups excluding carboxylic acids is 1. The summed E-state index contributed by atoms with van der Waals surface area (Å²) in [4.78, 5) is 19.2. The van der Waals surface area contributed by atoms with Crippen LogP contribution in [0.15, 0.2) is 54.6 Å². The lowest BCUT2D eigenvalue weighted by Gasteiger charge is -2.28. The number of ether oxygens (including phenoxy) is 1. The van der Waals surface area contributed by atoms with E-state index in [2.05, 4.69) is 4.98 Å². The maximum Gasteiger partial charge on any atom is 0.256 e. The second-order valence-electron chi connectivity index (χ2n) is 7.12. The molecule has 0 aliphatic carbocycles. The fourth-order valence-electron chi connectivity index (χ4n) is 3.42. The number of fused-ring (bicyclic) bond motifs is 1. The number of rotatable bonds is 5. The molecule has 0 saturated carbocycles. The zero-order valence-corrected chi connectivity index (χ0v) is 16.7. The highest BCUT2D eigenvalue weighted by atomic mass is 35.5. The fourth-order valence-corrected chi connectivity index (χ4v) is 3.54. The summed E-state index contributed by atoms with van der Waals surface area (Å²) in [6, 6.07) is 15.5. The molecule has 1 aliphatic rings. The standard InChI is InChI=1S/C23H20ClFN2O2/c1-15-11-16(5-7-20(15)24)13-27-10-9-21-19(23(27)28)6-8-22(26-21)29-14-17-3-2-4-18(25)12-17/h2-8,11-12H,9-10,13-14H2,1H3. The predicted octanol–water partition coefficient (Wildman–Crippen LogP) is 4.96. The Labute approximate surface area is 173 Å². The van der Waals surface area contributed by atoms with E-state index >= 15 is 0 Å². The number of nitrogens with zero attached hydrogens (tertiary/aromatic N) is 2. The predicted molar refractivity (Wildman–Crippen MR) is 110 cm³/mol. The first-order valence-corrected chi connectivity index (χ1v) is 9.79. The van der Waals surface area contributed by atoms with Crippen LogP contribution in [0, 0.1) is 12.7 Å². The van der Waals surface area contributed by atoms with Crippen molar-refractivity contribution in [3.05, 3.63) is 93.4 Å². The number of hydrogen-bond donors (Lipinski definition) is 0. The molecule has 1 aromatic heterocycles. The van der Waals surface area contributed by atoms with Crippen molar-refractivity contribution in [2.75, 3.05) is 6.54 Å². The molecule has 6 heteroatoms. The van der Waals surface area contributed by atoms with Gasteiger partial charge in [-0.25, -0.2) is 9.37 Å². The summed E-state index contributed by atoms with van der Waals surface area (Å²) < 4.78 is 19.0. The molecule has 3 aromatic rings. The van der Waals surface area contributed by atoms with Crippen LogP contribution in [-0.2, 0) is 19.6 Å². The second-order valence-corrected chi connectivity index (χ2v) is 7.53. The average Bonchev–Trinajstić information content (AvgIpc) is 2.71. The van der Waals surface area contributed by atoms with Crippen molar-refractivity contribution in [1.82, 2.24) is 9.88 Å². The van der Waals surface area contributed by atoms with E-state index in [0.717, 1.165) is 27.4 Å². The van der Waals surface area contributed by atoms with Crippen LogP contribution in [0.25, 0.3) is 0 Å². The SMILES string of the molecule is Cc1cc(CN2CCc3nc(OCc4cccc(F)c4)ccc3C2=O)ccc1Cl. The van der Waals surface area contributed by atoms with E-state index in [1.54, 1.807) is 24.3 Å². The van der Waals surface area contributed by atoms with Crippen molar-refractivity contribution in [1.29, 1.82) is 0 Å². The van der Waals surface area contributed by atoms with Crippen LogP contribution >= 0.6 is 11.6 Å². The molecule has 0 unspecified atom stereocenters. The number of pyridine rings is 1. The first-order chi connectivity index (χ1) is 14.0. The maximum absolute atomic E-state index is 13.3. The van der Waals surface area contributed by atoms with E-state index in [-0.39, 0.29) is 18.3 Å². The Morgan fingerprint density at radius 2 is 2.00 bits per heavy atom. The number of benzene rings is 2. The summed E-state index contributed by atoms with van der Waals surface area (Å²) >= 11 is 6.09. The Kier molecular flexibility index (Phi) is 5.49. The first-order valence-electron chi connectivity index (χ1n) is 9.41. The van der Waals surface area contributed by atoms with E-state index in [1.165, 1.54) is 12.1 Å². The Hall–Kier alpha value is -2.92. The van der Waals surface area contributed by atoms with Gasteiger partial charge in [0.1, 0.15) is 12.4 Å². The highest BCUT2D eigenvalue weighted by Crippen LogP contribution is 2.24. The highest BCUT2D eigenvalue weighted by Gasteiger charge is 2.26. The van der Waals surface area contributed by atoms with Gasteiger partial charge in [0.05, 0.1) is 11.3 Å². The molecule has 0 fully saturated rings. The molecule has 0 N–H and O–H groups in total. The molecule has 1 amide bonds. The first kappa shape index (κ1) is 19.4. The molecule has 0 atom stereocenters. The molecule has 2 heterocycles. The second kappa shape index (κ2) is 8.21. The van der Waals surface area contributed by atoms with E-state index in [1.807, 2.05) is 30.0 Å². The quantitative estimate of drug-likeness (QED) is 0.597. The van der Waals surface area contributed by atoms with Gasteiger partial charge in [-0.2, -0.15) is 0 Å². The zero-order chi connectivity index (χ0) is 20.4. The van der Waals surface area contributed by atoms with Crippen molar-refractivity contribution in [2.24, 2.45) is 0 Å². The van der Waals surface area contributed by atoms with Crippen LogP contribution in [0.5, 0.6) is 5.88 Å². The number of carbonyl (C=O) groups is 1. The molecule has 0 saturated heterocycles. The number of hydrogen-bond acceptors (Lipinski definition) is 3. The molecule has 0 bridgehead atoms. The Bertz CT molecular complexity index is 1070. The minimum absolute atomic E-state index is 0.0389. The molecule has 0 radical (unpaired) electrons. The molecule has 2 aromatic carbocycles. The summed E-state index contributed by atoms with van der Waals surface area (Å²) in [5.74, 6) is 0.0942. The summed E-state index contributed by atoms with van der Waals surface area (Å²) in [6.07, 6.45) is 0.658. The van der Waals surface area contributed by atoms with Gasteiger partial charge in [-0.1, -0.05) is 35.9 Å². The van der Waals surface area contributed by atoms with E-state index in [4.69, 9.17) is 16.3 Å². The third-order valence-corrected chi connectivity index (χ3v) is 5.38. The largest absolute Gasteiger partial charge is 0.473 e. The fraction of sp³-hybridized carbons (Fsp3) is 0.217. The molecular weight excluding hydrogens is 391 g/mol. The molecule has 29 heavy (non-hydrogen) atoms. The summed E-state index contributed by atoms with van der Waals surface area (Å²) in [7, 11) is 0. The van der Waals surface area contributed by atoms with Crippen molar-refractivity contribution in [3.8, 4) is 5.88 Å². The van der Waals surface area contributed by atoms with Gasteiger partial charge >= 0.3 is 0 Å². The third-order valence-electron chi connectivity index (χ3n) is 4.96. The van der Waals surface area contributed by atoms with Gasteiger partial charge in [-0.3, -0.25) is 4.79 Å². The van der Waals surface area contributed by atoms with Crippen molar-refractivity contribution in [2.45, 2.75) is 26.5 Å². The lowest BCUT2D eigenvalue weighted by Crippen LogP contribution is -2.37. The zero-order valence-electron chi connectivity index (χ0n) is 16.0. The molecule has 4 rings (SSSR count).